The van der Waals surface area contributed by atoms with Crippen molar-refractivity contribution >= 4 is 6.41 Å². The molecule has 0 radical (unpaired) electrons. The van der Waals surface area contributed by atoms with Gasteiger partial charge in [0.1, 0.15) is 5.75 Å². The van der Waals surface area contributed by atoms with E-state index in [0.29, 0.717) is 30.8 Å². The molecule has 0 spiro atoms. The van der Waals surface area contributed by atoms with Crippen molar-refractivity contribution in [3.63, 3.8) is 0 Å². The van der Waals surface area contributed by atoms with Crippen molar-refractivity contribution < 1.29 is 14.6 Å². The molecule has 0 aliphatic heterocycles. The maximum atomic E-state index is 11.8. The highest BCUT2D eigenvalue weighted by molar-refractivity contribution is 5.48. The molecule has 0 aromatic heterocycles. The number of fused-ring (bicyclic) bond motifs is 5. The first-order valence-corrected chi connectivity index (χ1v) is 10.6. The summed E-state index contributed by atoms with van der Waals surface area (Å²) in [7, 11) is 1.74. The monoisotopic (exact) mass is 371 g/mol. The first-order valence-electron chi connectivity index (χ1n) is 10.6. The van der Waals surface area contributed by atoms with Crippen LogP contribution in [-0.2, 0) is 11.2 Å². The van der Waals surface area contributed by atoms with Crippen molar-refractivity contribution in [2.75, 3.05) is 20.3 Å². The number of aliphatic hydroxyl groups excluding tert-OH is 1. The number of aliphatic hydroxyl groups is 1. The van der Waals surface area contributed by atoms with E-state index in [1.165, 1.54) is 31.2 Å². The van der Waals surface area contributed by atoms with E-state index in [9.17, 15) is 9.90 Å². The summed E-state index contributed by atoms with van der Waals surface area (Å²) in [5.74, 6) is 3.08. The second-order valence-corrected chi connectivity index (χ2v) is 9.04. The number of hydrogen-bond acceptors (Lipinski definition) is 3. The molecule has 2 fully saturated rings. The number of amides is 1. The predicted molar refractivity (Wildman–Crippen MR) is 106 cm³/mol. The molecule has 5 atom stereocenters. The largest absolute Gasteiger partial charge is 0.497 e. The molecule has 1 aromatic rings. The fraction of sp³-hybridized carbons (Fsp3) is 0.696. The summed E-state index contributed by atoms with van der Waals surface area (Å²) in [6.45, 7) is 3.27. The summed E-state index contributed by atoms with van der Waals surface area (Å²) in [6.07, 6.45) is 8.88. The first-order chi connectivity index (χ1) is 13.1. The van der Waals surface area contributed by atoms with E-state index < -0.39 is 0 Å². The summed E-state index contributed by atoms with van der Waals surface area (Å²) < 4.78 is 5.43. The van der Waals surface area contributed by atoms with Crippen molar-refractivity contribution in [1.29, 1.82) is 0 Å². The van der Waals surface area contributed by atoms with Gasteiger partial charge in [0.25, 0.3) is 0 Å². The lowest BCUT2D eigenvalue weighted by atomic mass is 9.55. The maximum absolute atomic E-state index is 11.8. The zero-order valence-electron chi connectivity index (χ0n) is 16.7. The van der Waals surface area contributed by atoms with Gasteiger partial charge in [-0.15, -0.1) is 0 Å². The van der Waals surface area contributed by atoms with E-state index in [-0.39, 0.29) is 12.0 Å². The second kappa shape index (κ2) is 7.46. The highest BCUT2D eigenvalue weighted by Crippen LogP contribution is 2.61. The molecule has 4 heteroatoms. The second-order valence-electron chi connectivity index (χ2n) is 9.04. The smallest absolute Gasteiger partial charge is 0.209 e. The summed E-state index contributed by atoms with van der Waals surface area (Å²) in [4.78, 5) is 13.8. The van der Waals surface area contributed by atoms with Gasteiger partial charge in [-0.1, -0.05) is 13.0 Å². The highest BCUT2D eigenvalue weighted by atomic mass is 16.5. The lowest BCUT2D eigenvalue weighted by molar-refractivity contribution is -0.124. The van der Waals surface area contributed by atoms with Crippen molar-refractivity contribution in [3.8, 4) is 5.75 Å². The number of nitrogens with zero attached hydrogens (tertiary/aromatic N) is 1. The SMILES string of the molecule is COc1ccc2c(c1)CC[C@@H]1[C@@H]2CC[C@]2(C)[C@@H](N(C=O)CCCO)CC[C@@H]12. The van der Waals surface area contributed by atoms with Crippen LogP contribution in [0.1, 0.15) is 62.5 Å². The van der Waals surface area contributed by atoms with Gasteiger partial charge >= 0.3 is 0 Å². The van der Waals surface area contributed by atoms with Crippen LogP contribution in [0.4, 0.5) is 0 Å². The van der Waals surface area contributed by atoms with E-state index in [1.807, 2.05) is 4.90 Å². The Balaban J connectivity index is 1.57. The summed E-state index contributed by atoms with van der Waals surface area (Å²) in [5, 5.41) is 9.18. The molecule has 0 heterocycles. The van der Waals surface area contributed by atoms with Gasteiger partial charge in [0.05, 0.1) is 7.11 Å². The standard InChI is InChI=1S/C23H33NO3/c1-23-11-10-19-18-7-5-17(27-2)14-16(18)4-6-20(19)21(23)8-9-22(23)24(15-26)12-3-13-25/h5,7,14-15,19-22,25H,3-4,6,8-13H2,1-2H3/t19-,20-,21+,22+,23+/m1/s1. The number of ether oxygens (including phenoxy) is 1. The molecule has 0 unspecified atom stereocenters. The summed E-state index contributed by atoms with van der Waals surface area (Å²) >= 11 is 0. The van der Waals surface area contributed by atoms with E-state index >= 15 is 0 Å². The van der Waals surface area contributed by atoms with Crippen molar-refractivity contribution in [2.24, 2.45) is 17.3 Å². The Labute approximate surface area is 162 Å². The molecule has 0 saturated heterocycles. The Kier molecular flexibility index (Phi) is 5.19. The zero-order chi connectivity index (χ0) is 19.0. The van der Waals surface area contributed by atoms with Crippen molar-refractivity contribution in [2.45, 2.75) is 63.8 Å². The minimum absolute atomic E-state index is 0.155. The Hall–Kier alpha value is -1.55. The quantitative estimate of drug-likeness (QED) is 0.775. The average Bonchev–Trinajstić information content (AvgIpc) is 3.05. The molecule has 3 aliphatic carbocycles. The van der Waals surface area contributed by atoms with E-state index in [4.69, 9.17) is 4.74 Å². The van der Waals surface area contributed by atoms with E-state index in [1.54, 1.807) is 12.7 Å². The lowest BCUT2D eigenvalue weighted by Crippen LogP contribution is -2.50. The zero-order valence-corrected chi connectivity index (χ0v) is 16.7. The fourth-order valence-electron chi connectivity index (χ4n) is 6.74. The topological polar surface area (TPSA) is 49.8 Å². The molecule has 2 saturated carbocycles. The Morgan fingerprint density at radius 3 is 2.89 bits per heavy atom. The van der Waals surface area contributed by atoms with E-state index in [0.717, 1.165) is 30.9 Å². The molecule has 1 N–H and O–H groups in total. The molecule has 148 valence electrons. The number of carbonyl (C=O) groups is 1. The Morgan fingerprint density at radius 2 is 2.15 bits per heavy atom. The third kappa shape index (κ3) is 3.06. The van der Waals surface area contributed by atoms with Crippen LogP contribution in [-0.4, -0.2) is 42.7 Å². The van der Waals surface area contributed by atoms with Gasteiger partial charge in [0.15, 0.2) is 0 Å². The molecule has 0 bridgehead atoms. The van der Waals surface area contributed by atoms with Crippen LogP contribution >= 0.6 is 0 Å². The van der Waals surface area contributed by atoms with Gasteiger partial charge in [-0.2, -0.15) is 0 Å². The number of carbonyl (C=O) groups excluding carboxylic acids is 1. The van der Waals surface area contributed by atoms with Gasteiger partial charge in [0, 0.05) is 19.2 Å². The number of methoxy groups -OCH3 is 1. The number of rotatable bonds is 6. The van der Waals surface area contributed by atoms with Gasteiger partial charge in [-0.05, 0) is 91.4 Å². The minimum atomic E-state index is 0.155. The third-order valence-electron chi connectivity index (χ3n) is 7.99. The van der Waals surface area contributed by atoms with Gasteiger partial charge < -0.3 is 14.7 Å². The molecule has 4 nitrogen and oxygen atoms in total. The third-order valence-corrected chi connectivity index (χ3v) is 7.99. The average molecular weight is 372 g/mol. The molecule has 27 heavy (non-hydrogen) atoms. The minimum Gasteiger partial charge on any atom is -0.497 e. The van der Waals surface area contributed by atoms with Gasteiger partial charge in [-0.3, -0.25) is 4.79 Å². The van der Waals surface area contributed by atoms with Crippen LogP contribution in [0.25, 0.3) is 0 Å². The molecule has 1 amide bonds. The van der Waals surface area contributed by atoms with Crippen molar-refractivity contribution in [1.82, 2.24) is 4.90 Å². The van der Waals surface area contributed by atoms with Crippen LogP contribution in [0.3, 0.4) is 0 Å². The maximum Gasteiger partial charge on any atom is 0.209 e. The highest BCUT2D eigenvalue weighted by Gasteiger charge is 2.56. The van der Waals surface area contributed by atoms with Crippen LogP contribution in [0.15, 0.2) is 18.2 Å². The number of benzene rings is 1. The normalized spacial score (nSPS) is 34.3. The Bertz CT molecular complexity index is 690. The molecule has 1 aromatic carbocycles. The fourth-order valence-corrected chi connectivity index (χ4v) is 6.74. The molecular weight excluding hydrogens is 338 g/mol. The lowest BCUT2D eigenvalue weighted by Gasteiger charge is -2.52. The van der Waals surface area contributed by atoms with Crippen LogP contribution < -0.4 is 4.74 Å². The van der Waals surface area contributed by atoms with Gasteiger partial charge in [-0.25, -0.2) is 0 Å². The van der Waals surface area contributed by atoms with Crippen molar-refractivity contribution in [3.05, 3.63) is 29.3 Å². The number of hydrogen-bond donors (Lipinski definition) is 1. The molecule has 4 rings (SSSR count). The van der Waals surface area contributed by atoms with Crippen LogP contribution in [0.5, 0.6) is 5.75 Å². The number of aryl methyl sites for hydroxylation is 1. The Morgan fingerprint density at radius 1 is 1.30 bits per heavy atom. The predicted octanol–water partition coefficient (Wildman–Crippen LogP) is 3.76. The van der Waals surface area contributed by atoms with E-state index in [2.05, 4.69) is 25.1 Å². The summed E-state index contributed by atoms with van der Waals surface area (Å²) in [5.41, 5.74) is 3.25. The van der Waals surface area contributed by atoms with Crippen LogP contribution in [0.2, 0.25) is 0 Å². The molecular formula is C23H33NO3. The molecule has 3 aliphatic rings. The van der Waals surface area contributed by atoms with Gasteiger partial charge in [0.2, 0.25) is 6.41 Å². The van der Waals surface area contributed by atoms with Crippen LogP contribution in [0, 0.1) is 17.3 Å². The first kappa shape index (κ1) is 18.8. The summed E-state index contributed by atoms with van der Waals surface area (Å²) in [6, 6.07) is 7.00.